The van der Waals surface area contributed by atoms with Crippen molar-refractivity contribution in [2.24, 2.45) is 0 Å². The van der Waals surface area contributed by atoms with Crippen LogP contribution in [0.3, 0.4) is 0 Å². The Balaban J connectivity index is 0.00000180. The van der Waals surface area contributed by atoms with Gasteiger partial charge in [-0.1, -0.05) is 11.6 Å². The van der Waals surface area contributed by atoms with Gasteiger partial charge in [0, 0.05) is 30.7 Å². The molecule has 0 amide bonds. The first-order valence-electron chi connectivity index (χ1n) is 5.28. The van der Waals surface area contributed by atoms with Crippen LogP contribution >= 0.6 is 39.9 Å². The number of nitrogens with one attached hydrogen (secondary N) is 1. The van der Waals surface area contributed by atoms with Gasteiger partial charge in [0.2, 0.25) is 10.0 Å². The molecule has 1 saturated heterocycles. The number of halogens is 4. The normalized spacial score (nSPS) is 17.0. The molecule has 19 heavy (non-hydrogen) atoms. The van der Waals surface area contributed by atoms with Crippen LogP contribution in [0.1, 0.15) is 0 Å². The molecular formula is C10H12BrCl2FN2O2S. The van der Waals surface area contributed by atoms with Crippen molar-refractivity contribution < 1.29 is 12.8 Å². The Morgan fingerprint density at radius 3 is 2.47 bits per heavy atom. The Kier molecular flexibility index (Phi) is 6.03. The minimum Gasteiger partial charge on any atom is -0.314 e. The van der Waals surface area contributed by atoms with Gasteiger partial charge in [-0.3, -0.25) is 0 Å². The average Bonchev–Trinajstić information content (AvgIpc) is 2.34. The second-order valence-electron chi connectivity index (χ2n) is 3.85. The van der Waals surface area contributed by atoms with Crippen molar-refractivity contribution in [3.63, 3.8) is 0 Å². The Bertz CT molecular complexity index is 565. The van der Waals surface area contributed by atoms with E-state index in [4.69, 9.17) is 11.6 Å². The number of hydrogen-bond donors (Lipinski definition) is 1. The zero-order chi connectivity index (χ0) is 13.3. The Morgan fingerprint density at radius 1 is 1.32 bits per heavy atom. The largest absolute Gasteiger partial charge is 0.314 e. The molecule has 1 aliphatic rings. The van der Waals surface area contributed by atoms with Crippen LogP contribution in [-0.2, 0) is 10.0 Å². The van der Waals surface area contributed by atoms with E-state index >= 15 is 0 Å². The Labute approximate surface area is 130 Å². The van der Waals surface area contributed by atoms with Gasteiger partial charge in [-0.25, -0.2) is 12.8 Å². The average molecular weight is 394 g/mol. The molecule has 0 saturated carbocycles. The Hall–Kier alpha value is 0.0800. The maximum absolute atomic E-state index is 13.8. The van der Waals surface area contributed by atoms with E-state index in [0.717, 1.165) is 12.1 Å². The van der Waals surface area contributed by atoms with E-state index < -0.39 is 15.8 Å². The fourth-order valence-electron chi connectivity index (χ4n) is 1.73. The van der Waals surface area contributed by atoms with Crippen LogP contribution < -0.4 is 5.32 Å². The van der Waals surface area contributed by atoms with Crippen molar-refractivity contribution in [1.29, 1.82) is 0 Å². The summed E-state index contributed by atoms with van der Waals surface area (Å²) in [7, 11) is -3.82. The number of piperazine rings is 1. The zero-order valence-electron chi connectivity index (χ0n) is 9.70. The summed E-state index contributed by atoms with van der Waals surface area (Å²) >= 11 is 8.87. The third-order valence-electron chi connectivity index (χ3n) is 2.67. The summed E-state index contributed by atoms with van der Waals surface area (Å²) in [4.78, 5) is -0.377. The van der Waals surface area contributed by atoms with Crippen LogP contribution in [0.25, 0.3) is 0 Å². The van der Waals surface area contributed by atoms with Gasteiger partial charge in [0.15, 0.2) is 0 Å². The quantitative estimate of drug-likeness (QED) is 0.784. The molecule has 0 atom stereocenters. The summed E-state index contributed by atoms with van der Waals surface area (Å²) in [6.07, 6.45) is 0. The van der Waals surface area contributed by atoms with E-state index in [1.165, 1.54) is 4.31 Å². The first-order valence-corrected chi connectivity index (χ1v) is 7.89. The highest BCUT2D eigenvalue weighted by molar-refractivity contribution is 9.10. The summed E-state index contributed by atoms with van der Waals surface area (Å²) in [5.74, 6) is -0.801. The number of nitrogens with zero attached hydrogens (tertiary/aromatic N) is 1. The molecule has 0 aromatic heterocycles. The third kappa shape index (κ3) is 3.59. The van der Waals surface area contributed by atoms with Gasteiger partial charge in [-0.15, -0.1) is 12.4 Å². The summed E-state index contributed by atoms with van der Waals surface area (Å²) in [5, 5.41) is 3.21. The standard InChI is InChI=1S/C10H11BrClFN2O2S.ClH/c11-7-5-9(13)10(6-8(7)12)18(16,17)15-3-1-14-2-4-15;/h5-6,14H,1-4H2;1H. The van der Waals surface area contributed by atoms with Gasteiger partial charge in [0.05, 0.1) is 5.02 Å². The zero-order valence-corrected chi connectivity index (χ0v) is 13.7. The SMILES string of the molecule is Cl.O=S(=O)(c1cc(Cl)c(Br)cc1F)N1CCNCC1. The second kappa shape index (κ2) is 6.69. The summed E-state index contributed by atoms with van der Waals surface area (Å²) in [6, 6.07) is 2.20. The van der Waals surface area contributed by atoms with E-state index in [-0.39, 0.29) is 22.3 Å². The molecule has 1 heterocycles. The van der Waals surface area contributed by atoms with E-state index in [1.54, 1.807) is 0 Å². The molecular weight excluding hydrogens is 382 g/mol. The minimum atomic E-state index is -3.82. The molecule has 1 fully saturated rings. The van der Waals surface area contributed by atoms with E-state index in [9.17, 15) is 12.8 Å². The minimum absolute atomic E-state index is 0. The van der Waals surface area contributed by atoms with Crippen LogP contribution in [0.4, 0.5) is 4.39 Å². The predicted molar refractivity (Wildman–Crippen MR) is 78.0 cm³/mol. The van der Waals surface area contributed by atoms with Gasteiger partial charge < -0.3 is 5.32 Å². The van der Waals surface area contributed by atoms with E-state index in [2.05, 4.69) is 21.2 Å². The van der Waals surface area contributed by atoms with Gasteiger partial charge in [-0.2, -0.15) is 4.31 Å². The molecule has 2 rings (SSSR count). The summed E-state index contributed by atoms with van der Waals surface area (Å²) < 4.78 is 39.9. The number of rotatable bonds is 2. The van der Waals surface area contributed by atoms with Gasteiger partial charge in [0.1, 0.15) is 10.7 Å². The maximum atomic E-state index is 13.8. The van der Waals surface area contributed by atoms with Gasteiger partial charge in [-0.05, 0) is 28.1 Å². The first kappa shape index (κ1) is 17.1. The molecule has 1 aromatic rings. The second-order valence-corrected chi connectivity index (χ2v) is 7.02. The highest BCUT2D eigenvalue weighted by Crippen LogP contribution is 2.29. The molecule has 0 unspecified atom stereocenters. The lowest BCUT2D eigenvalue weighted by atomic mass is 10.3. The first-order chi connectivity index (χ1) is 8.43. The predicted octanol–water partition coefficient (Wildman–Crippen LogP) is 2.26. The number of hydrogen-bond acceptors (Lipinski definition) is 3. The van der Waals surface area contributed by atoms with Crippen molar-refractivity contribution in [2.75, 3.05) is 26.2 Å². The van der Waals surface area contributed by atoms with E-state index in [0.29, 0.717) is 30.7 Å². The molecule has 0 bridgehead atoms. The molecule has 1 aliphatic heterocycles. The molecule has 4 nitrogen and oxygen atoms in total. The van der Waals surface area contributed by atoms with Crippen LogP contribution in [0.5, 0.6) is 0 Å². The Morgan fingerprint density at radius 2 is 1.89 bits per heavy atom. The number of benzene rings is 1. The topological polar surface area (TPSA) is 49.4 Å². The summed E-state index contributed by atoms with van der Waals surface area (Å²) in [5.41, 5.74) is 0. The molecule has 9 heteroatoms. The number of sulfonamides is 1. The smallest absolute Gasteiger partial charge is 0.246 e. The molecule has 0 radical (unpaired) electrons. The van der Waals surface area contributed by atoms with Crippen LogP contribution in [-0.4, -0.2) is 38.9 Å². The fourth-order valence-corrected chi connectivity index (χ4v) is 3.78. The van der Waals surface area contributed by atoms with Crippen LogP contribution in [0.2, 0.25) is 5.02 Å². The van der Waals surface area contributed by atoms with Crippen molar-refractivity contribution in [3.05, 3.63) is 27.4 Å². The lowest BCUT2D eigenvalue weighted by Crippen LogP contribution is -2.46. The molecule has 108 valence electrons. The highest BCUT2D eigenvalue weighted by atomic mass is 79.9. The molecule has 1 aromatic carbocycles. The highest BCUT2D eigenvalue weighted by Gasteiger charge is 2.29. The lowest BCUT2D eigenvalue weighted by molar-refractivity contribution is 0.358. The molecule has 0 aliphatic carbocycles. The van der Waals surface area contributed by atoms with Gasteiger partial charge in [0.25, 0.3) is 0 Å². The van der Waals surface area contributed by atoms with Crippen molar-refractivity contribution >= 4 is 50.0 Å². The van der Waals surface area contributed by atoms with Crippen LogP contribution in [0.15, 0.2) is 21.5 Å². The van der Waals surface area contributed by atoms with Crippen LogP contribution in [0, 0.1) is 5.82 Å². The summed E-state index contributed by atoms with van der Waals surface area (Å²) in [6.45, 7) is 1.78. The maximum Gasteiger partial charge on any atom is 0.246 e. The van der Waals surface area contributed by atoms with E-state index in [1.807, 2.05) is 0 Å². The fraction of sp³-hybridized carbons (Fsp3) is 0.400. The van der Waals surface area contributed by atoms with Crippen molar-refractivity contribution in [1.82, 2.24) is 9.62 Å². The van der Waals surface area contributed by atoms with Crippen molar-refractivity contribution in [2.45, 2.75) is 4.90 Å². The van der Waals surface area contributed by atoms with Gasteiger partial charge >= 0.3 is 0 Å². The van der Waals surface area contributed by atoms with Crippen molar-refractivity contribution in [3.8, 4) is 0 Å². The monoisotopic (exact) mass is 392 g/mol. The lowest BCUT2D eigenvalue weighted by Gasteiger charge is -2.26. The molecule has 0 spiro atoms. The molecule has 1 N–H and O–H groups in total. The third-order valence-corrected chi connectivity index (χ3v) is 5.78.